The van der Waals surface area contributed by atoms with Crippen LogP contribution in [0.5, 0.6) is 5.75 Å². The molecule has 3 aromatic rings. The first-order valence-corrected chi connectivity index (χ1v) is 7.48. The smallest absolute Gasteiger partial charge is 0.181 e. The number of ether oxygens (including phenoxy) is 1. The van der Waals surface area contributed by atoms with Crippen molar-refractivity contribution in [1.29, 1.82) is 0 Å². The van der Waals surface area contributed by atoms with Crippen molar-refractivity contribution in [2.75, 3.05) is 12.4 Å². The topological polar surface area (TPSA) is 59.9 Å². The second kappa shape index (κ2) is 6.81. The van der Waals surface area contributed by atoms with E-state index in [1.54, 1.807) is 37.6 Å². The van der Waals surface area contributed by atoms with Crippen molar-refractivity contribution in [1.82, 2.24) is 15.0 Å². The fraction of sp³-hybridized carbons (Fsp3) is 0.0625. The van der Waals surface area contributed by atoms with E-state index >= 15 is 0 Å². The first-order valence-electron chi connectivity index (χ1n) is 6.72. The van der Waals surface area contributed by atoms with Crippen LogP contribution in [0.25, 0.3) is 11.5 Å². The molecule has 0 radical (unpaired) electrons. The molecule has 23 heavy (non-hydrogen) atoms. The summed E-state index contributed by atoms with van der Waals surface area (Å²) in [4.78, 5) is 12.9. The molecule has 1 N–H and O–H groups in total. The zero-order valence-electron chi connectivity index (χ0n) is 12.1. The highest BCUT2D eigenvalue weighted by Gasteiger charge is 2.09. The third-order valence-corrected chi connectivity index (χ3v) is 3.44. The van der Waals surface area contributed by atoms with Gasteiger partial charge in [-0.05, 0) is 30.3 Å². The van der Waals surface area contributed by atoms with E-state index in [0.717, 1.165) is 0 Å². The van der Waals surface area contributed by atoms with Gasteiger partial charge >= 0.3 is 0 Å². The van der Waals surface area contributed by atoms with E-state index in [-0.39, 0.29) is 0 Å². The molecular formula is C16H12Cl2N4O. The zero-order valence-corrected chi connectivity index (χ0v) is 13.6. The number of hydrogen-bond donors (Lipinski definition) is 1. The Labute approximate surface area is 143 Å². The predicted octanol–water partition coefficient (Wildman–Crippen LogP) is 4.60. The van der Waals surface area contributed by atoms with E-state index in [4.69, 9.17) is 27.9 Å². The standard InChI is InChI=1S/C16H12Cl2N4O/c1-23-13-6-5-10(17)8-12(13)20-15-9-14(18)21-16(22-15)11-4-2-3-7-19-11/h2-9H,1H3,(H,20,21,22). The highest BCUT2D eigenvalue weighted by atomic mass is 35.5. The molecule has 2 heterocycles. The molecule has 0 fully saturated rings. The van der Waals surface area contributed by atoms with Crippen molar-refractivity contribution in [2.24, 2.45) is 0 Å². The fourth-order valence-electron chi connectivity index (χ4n) is 2.01. The molecule has 1 aromatic carbocycles. The average Bonchev–Trinajstić information content (AvgIpc) is 2.55. The average molecular weight is 347 g/mol. The number of aromatic nitrogens is 3. The van der Waals surface area contributed by atoms with Gasteiger partial charge < -0.3 is 10.1 Å². The Bertz CT molecular complexity index is 828. The summed E-state index contributed by atoms with van der Waals surface area (Å²) in [5.41, 5.74) is 1.32. The van der Waals surface area contributed by atoms with Crippen molar-refractivity contribution in [3.05, 3.63) is 58.8 Å². The monoisotopic (exact) mass is 346 g/mol. The van der Waals surface area contributed by atoms with Crippen molar-refractivity contribution < 1.29 is 4.74 Å². The number of anilines is 2. The number of methoxy groups -OCH3 is 1. The fourth-order valence-corrected chi connectivity index (χ4v) is 2.36. The van der Waals surface area contributed by atoms with Gasteiger partial charge in [0.25, 0.3) is 0 Å². The number of nitrogens with one attached hydrogen (secondary N) is 1. The summed E-state index contributed by atoms with van der Waals surface area (Å²) >= 11 is 12.1. The molecule has 0 aliphatic carbocycles. The molecule has 0 aliphatic heterocycles. The van der Waals surface area contributed by atoms with Gasteiger partial charge in [-0.2, -0.15) is 0 Å². The van der Waals surface area contributed by atoms with Gasteiger partial charge in [-0.15, -0.1) is 0 Å². The Morgan fingerprint density at radius 2 is 1.91 bits per heavy atom. The van der Waals surface area contributed by atoms with E-state index in [9.17, 15) is 0 Å². The van der Waals surface area contributed by atoms with Gasteiger partial charge in [0, 0.05) is 17.3 Å². The van der Waals surface area contributed by atoms with Crippen LogP contribution in [-0.2, 0) is 0 Å². The van der Waals surface area contributed by atoms with Gasteiger partial charge in [0.15, 0.2) is 5.82 Å². The lowest BCUT2D eigenvalue weighted by molar-refractivity contribution is 0.417. The quantitative estimate of drug-likeness (QED) is 0.699. The molecule has 7 heteroatoms. The largest absolute Gasteiger partial charge is 0.495 e. The molecule has 0 bridgehead atoms. The molecule has 0 unspecified atom stereocenters. The lowest BCUT2D eigenvalue weighted by Gasteiger charge is -2.12. The van der Waals surface area contributed by atoms with Crippen LogP contribution in [0.2, 0.25) is 10.2 Å². The van der Waals surface area contributed by atoms with Gasteiger partial charge in [0.1, 0.15) is 22.4 Å². The van der Waals surface area contributed by atoms with Crippen LogP contribution < -0.4 is 10.1 Å². The van der Waals surface area contributed by atoms with Crippen LogP contribution >= 0.6 is 23.2 Å². The second-order valence-corrected chi connectivity index (χ2v) is 5.41. The Morgan fingerprint density at radius 3 is 2.65 bits per heavy atom. The molecule has 0 saturated heterocycles. The van der Waals surface area contributed by atoms with Crippen LogP contribution in [0.4, 0.5) is 11.5 Å². The van der Waals surface area contributed by atoms with Gasteiger partial charge in [-0.3, -0.25) is 4.98 Å². The second-order valence-electron chi connectivity index (χ2n) is 4.58. The van der Waals surface area contributed by atoms with Crippen LogP contribution in [0, 0.1) is 0 Å². The molecule has 3 rings (SSSR count). The highest BCUT2D eigenvalue weighted by Crippen LogP contribution is 2.31. The summed E-state index contributed by atoms with van der Waals surface area (Å²) in [5, 5.41) is 4.03. The Morgan fingerprint density at radius 1 is 1.04 bits per heavy atom. The van der Waals surface area contributed by atoms with Crippen LogP contribution in [-0.4, -0.2) is 22.1 Å². The van der Waals surface area contributed by atoms with Gasteiger partial charge in [-0.1, -0.05) is 29.3 Å². The highest BCUT2D eigenvalue weighted by molar-refractivity contribution is 6.31. The van der Waals surface area contributed by atoms with Crippen molar-refractivity contribution in [2.45, 2.75) is 0 Å². The van der Waals surface area contributed by atoms with Gasteiger partial charge in [-0.25, -0.2) is 9.97 Å². The van der Waals surface area contributed by atoms with E-state index < -0.39 is 0 Å². The molecular weight excluding hydrogens is 335 g/mol. The molecule has 0 spiro atoms. The third-order valence-electron chi connectivity index (χ3n) is 3.01. The maximum absolute atomic E-state index is 6.09. The van der Waals surface area contributed by atoms with Crippen LogP contribution in [0.1, 0.15) is 0 Å². The summed E-state index contributed by atoms with van der Waals surface area (Å²) < 4.78 is 5.31. The number of halogens is 2. The number of hydrogen-bond acceptors (Lipinski definition) is 5. The summed E-state index contributed by atoms with van der Waals surface area (Å²) in [6, 6.07) is 12.4. The molecule has 0 atom stereocenters. The molecule has 0 amide bonds. The maximum atomic E-state index is 6.09. The Hall–Kier alpha value is -2.37. The first kappa shape index (κ1) is 15.5. The van der Waals surface area contributed by atoms with Crippen molar-refractivity contribution in [3.63, 3.8) is 0 Å². The minimum atomic E-state index is 0.309. The first-order chi connectivity index (χ1) is 11.2. The van der Waals surface area contributed by atoms with Gasteiger partial charge in [0.05, 0.1) is 12.8 Å². The van der Waals surface area contributed by atoms with Crippen molar-refractivity contribution >= 4 is 34.7 Å². The maximum Gasteiger partial charge on any atom is 0.181 e. The summed E-state index contributed by atoms with van der Waals surface area (Å²) in [7, 11) is 1.58. The third kappa shape index (κ3) is 3.70. The molecule has 5 nitrogen and oxygen atoms in total. The van der Waals surface area contributed by atoms with E-state index in [0.29, 0.717) is 38.9 Å². The summed E-state index contributed by atoms with van der Waals surface area (Å²) in [6.07, 6.45) is 1.67. The minimum absolute atomic E-state index is 0.309. The normalized spacial score (nSPS) is 10.4. The zero-order chi connectivity index (χ0) is 16.2. The minimum Gasteiger partial charge on any atom is -0.495 e. The van der Waals surface area contributed by atoms with E-state index in [1.807, 2.05) is 18.2 Å². The number of rotatable bonds is 4. The SMILES string of the molecule is COc1ccc(Cl)cc1Nc1cc(Cl)nc(-c2ccccn2)n1. The molecule has 0 aliphatic rings. The van der Waals surface area contributed by atoms with Crippen molar-refractivity contribution in [3.8, 4) is 17.3 Å². The lowest BCUT2D eigenvalue weighted by atomic mass is 10.3. The lowest BCUT2D eigenvalue weighted by Crippen LogP contribution is -2.00. The summed E-state index contributed by atoms with van der Waals surface area (Å²) in [5.74, 6) is 1.59. The molecule has 2 aromatic heterocycles. The van der Waals surface area contributed by atoms with Crippen LogP contribution in [0.15, 0.2) is 48.7 Å². The van der Waals surface area contributed by atoms with E-state index in [1.165, 1.54) is 0 Å². The number of pyridine rings is 1. The number of nitrogens with zero attached hydrogens (tertiary/aromatic N) is 3. The molecule has 116 valence electrons. The Kier molecular flexibility index (Phi) is 4.60. The Balaban J connectivity index is 1.98. The summed E-state index contributed by atoms with van der Waals surface area (Å²) in [6.45, 7) is 0. The van der Waals surface area contributed by atoms with Crippen LogP contribution in [0.3, 0.4) is 0 Å². The van der Waals surface area contributed by atoms with E-state index in [2.05, 4.69) is 20.3 Å². The number of benzene rings is 1. The molecule has 0 saturated carbocycles. The van der Waals surface area contributed by atoms with Gasteiger partial charge in [0.2, 0.25) is 0 Å². The predicted molar refractivity (Wildman–Crippen MR) is 91.6 cm³/mol.